The van der Waals surface area contributed by atoms with Crippen molar-refractivity contribution in [3.05, 3.63) is 83.7 Å². The standard InChI is InChI=1S/C23H20S2/c1-16(2)17-5-7-18(8-6-17)19-9-11-20(12-10-19)21-13-14-23(25-21)22-4-3-15-24-22/h3-16H,1-2H3. The predicted molar refractivity (Wildman–Crippen MR) is 113 cm³/mol. The first kappa shape index (κ1) is 16.3. The zero-order chi connectivity index (χ0) is 17.2. The van der Waals surface area contributed by atoms with Crippen molar-refractivity contribution in [2.45, 2.75) is 19.8 Å². The van der Waals surface area contributed by atoms with Gasteiger partial charge in [-0.25, -0.2) is 0 Å². The molecule has 124 valence electrons. The van der Waals surface area contributed by atoms with E-state index in [4.69, 9.17) is 0 Å². The summed E-state index contributed by atoms with van der Waals surface area (Å²) >= 11 is 3.66. The van der Waals surface area contributed by atoms with Crippen LogP contribution in [0.3, 0.4) is 0 Å². The van der Waals surface area contributed by atoms with E-state index >= 15 is 0 Å². The lowest BCUT2D eigenvalue weighted by atomic mass is 9.98. The summed E-state index contributed by atoms with van der Waals surface area (Å²) in [5.74, 6) is 0.577. The Labute approximate surface area is 157 Å². The molecule has 0 N–H and O–H groups in total. The monoisotopic (exact) mass is 360 g/mol. The lowest BCUT2D eigenvalue weighted by molar-refractivity contribution is 0.867. The van der Waals surface area contributed by atoms with Gasteiger partial charge in [-0.1, -0.05) is 68.4 Å². The van der Waals surface area contributed by atoms with Crippen LogP contribution in [0.1, 0.15) is 25.3 Å². The van der Waals surface area contributed by atoms with Crippen LogP contribution in [0.25, 0.3) is 31.3 Å². The van der Waals surface area contributed by atoms with Gasteiger partial charge in [-0.3, -0.25) is 0 Å². The number of hydrogen-bond donors (Lipinski definition) is 0. The molecule has 0 aliphatic carbocycles. The van der Waals surface area contributed by atoms with Crippen molar-refractivity contribution in [3.63, 3.8) is 0 Å². The summed E-state index contributed by atoms with van der Waals surface area (Å²) in [5, 5.41) is 2.13. The Balaban J connectivity index is 1.58. The maximum absolute atomic E-state index is 2.24. The Hall–Kier alpha value is -2.16. The van der Waals surface area contributed by atoms with Crippen LogP contribution in [0.5, 0.6) is 0 Å². The molecule has 2 aromatic heterocycles. The number of benzene rings is 2. The highest BCUT2D eigenvalue weighted by Crippen LogP contribution is 2.37. The van der Waals surface area contributed by atoms with Crippen molar-refractivity contribution in [1.82, 2.24) is 0 Å². The first-order valence-corrected chi connectivity index (χ1v) is 10.2. The third-order valence-corrected chi connectivity index (χ3v) is 6.65. The van der Waals surface area contributed by atoms with Gasteiger partial charge >= 0.3 is 0 Å². The van der Waals surface area contributed by atoms with E-state index in [0.29, 0.717) is 5.92 Å². The Kier molecular flexibility index (Phi) is 4.56. The van der Waals surface area contributed by atoms with Gasteiger partial charge in [0.2, 0.25) is 0 Å². The van der Waals surface area contributed by atoms with Crippen LogP contribution in [0.15, 0.2) is 78.2 Å². The van der Waals surface area contributed by atoms with Crippen molar-refractivity contribution < 1.29 is 0 Å². The summed E-state index contributed by atoms with van der Waals surface area (Å²) in [5.41, 5.74) is 5.23. The molecular formula is C23H20S2. The summed E-state index contributed by atoms with van der Waals surface area (Å²) in [4.78, 5) is 4.02. The van der Waals surface area contributed by atoms with E-state index < -0.39 is 0 Å². The van der Waals surface area contributed by atoms with Crippen molar-refractivity contribution in [3.8, 4) is 31.3 Å². The summed E-state index contributed by atoms with van der Waals surface area (Å²) in [6.45, 7) is 4.46. The second-order valence-corrected chi connectivity index (χ2v) is 8.53. The molecule has 0 spiro atoms. The fourth-order valence-electron chi connectivity index (χ4n) is 2.93. The molecule has 2 heteroatoms. The third-order valence-electron chi connectivity index (χ3n) is 4.45. The molecule has 0 fully saturated rings. The highest BCUT2D eigenvalue weighted by molar-refractivity contribution is 7.23. The van der Waals surface area contributed by atoms with Crippen LogP contribution in [0.4, 0.5) is 0 Å². The van der Waals surface area contributed by atoms with E-state index in [9.17, 15) is 0 Å². The second-order valence-electron chi connectivity index (χ2n) is 6.50. The summed E-state index contributed by atoms with van der Waals surface area (Å²) in [6, 6.07) is 26.6. The fourth-order valence-corrected chi connectivity index (χ4v) is 4.78. The van der Waals surface area contributed by atoms with E-state index in [1.807, 2.05) is 11.3 Å². The zero-order valence-corrected chi connectivity index (χ0v) is 16.0. The van der Waals surface area contributed by atoms with Crippen LogP contribution in [0.2, 0.25) is 0 Å². The molecule has 0 bridgehead atoms. The lowest BCUT2D eigenvalue weighted by Gasteiger charge is -2.07. The second kappa shape index (κ2) is 6.99. The molecule has 0 aliphatic heterocycles. The SMILES string of the molecule is CC(C)c1ccc(-c2ccc(-c3ccc(-c4cccs4)s3)cc2)cc1. The summed E-state index contributed by atoms with van der Waals surface area (Å²) in [6.07, 6.45) is 0. The van der Waals surface area contributed by atoms with Gasteiger partial charge in [0.25, 0.3) is 0 Å². The van der Waals surface area contributed by atoms with Crippen molar-refractivity contribution in [2.75, 3.05) is 0 Å². The number of rotatable bonds is 4. The minimum absolute atomic E-state index is 0.577. The highest BCUT2D eigenvalue weighted by Gasteiger charge is 2.06. The van der Waals surface area contributed by atoms with Gasteiger partial charge in [-0.15, -0.1) is 22.7 Å². The molecule has 0 nitrogen and oxygen atoms in total. The molecule has 25 heavy (non-hydrogen) atoms. The molecule has 0 atom stereocenters. The van der Waals surface area contributed by atoms with E-state index in [1.54, 1.807) is 11.3 Å². The first-order valence-electron chi connectivity index (χ1n) is 8.55. The molecular weight excluding hydrogens is 340 g/mol. The normalized spacial score (nSPS) is 11.2. The number of thiophene rings is 2. The fraction of sp³-hybridized carbons (Fsp3) is 0.130. The lowest BCUT2D eigenvalue weighted by Crippen LogP contribution is -1.86. The van der Waals surface area contributed by atoms with Gasteiger partial charge in [-0.2, -0.15) is 0 Å². The molecule has 0 radical (unpaired) electrons. The quantitative estimate of drug-likeness (QED) is 0.346. The van der Waals surface area contributed by atoms with E-state index in [1.165, 1.54) is 36.9 Å². The van der Waals surface area contributed by atoms with E-state index in [-0.39, 0.29) is 0 Å². The molecule has 0 aliphatic rings. The average molecular weight is 361 g/mol. The summed E-state index contributed by atoms with van der Waals surface area (Å²) < 4.78 is 0. The van der Waals surface area contributed by atoms with Gasteiger partial charge in [0.05, 0.1) is 0 Å². The van der Waals surface area contributed by atoms with Crippen LogP contribution < -0.4 is 0 Å². The van der Waals surface area contributed by atoms with Crippen LogP contribution >= 0.6 is 22.7 Å². The van der Waals surface area contributed by atoms with E-state index in [2.05, 4.69) is 92.0 Å². The Morgan fingerprint density at radius 3 is 1.80 bits per heavy atom. The molecule has 0 unspecified atom stereocenters. The molecule has 0 saturated carbocycles. The summed E-state index contributed by atoms with van der Waals surface area (Å²) in [7, 11) is 0. The minimum atomic E-state index is 0.577. The van der Waals surface area contributed by atoms with Crippen molar-refractivity contribution in [1.29, 1.82) is 0 Å². The molecule has 0 saturated heterocycles. The smallest absolute Gasteiger partial charge is 0.0449 e. The Morgan fingerprint density at radius 2 is 1.20 bits per heavy atom. The Morgan fingerprint density at radius 1 is 0.600 bits per heavy atom. The topological polar surface area (TPSA) is 0 Å². The van der Waals surface area contributed by atoms with Gasteiger partial charge in [0, 0.05) is 14.6 Å². The van der Waals surface area contributed by atoms with Gasteiger partial charge in [0.15, 0.2) is 0 Å². The van der Waals surface area contributed by atoms with Crippen LogP contribution in [-0.2, 0) is 0 Å². The Bertz CT molecular complexity index is 940. The number of hydrogen-bond acceptors (Lipinski definition) is 2. The van der Waals surface area contributed by atoms with Crippen LogP contribution in [0, 0.1) is 0 Å². The first-order chi connectivity index (χ1) is 12.2. The molecule has 2 aromatic carbocycles. The molecule has 0 amide bonds. The van der Waals surface area contributed by atoms with Crippen molar-refractivity contribution >= 4 is 22.7 Å². The van der Waals surface area contributed by atoms with Gasteiger partial charge in [0.1, 0.15) is 0 Å². The van der Waals surface area contributed by atoms with Gasteiger partial charge in [-0.05, 0) is 51.8 Å². The van der Waals surface area contributed by atoms with Gasteiger partial charge < -0.3 is 0 Å². The molecule has 2 heterocycles. The molecule has 4 rings (SSSR count). The minimum Gasteiger partial charge on any atom is -0.143 e. The molecule has 4 aromatic rings. The van der Waals surface area contributed by atoms with Crippen LogP contribution in [-0.4, -0.2) is 0 Å². The average Bonchev–Trinajstić information content (AvgIpc) is 3.33. The highest BCUT2D eigenvalue weighted by atomic mass is 32.1. The van der Waals surface area contributed by atoms with E-state index in [0.717, 1.165) is 0 Å². The zero-order valence-electron chi connectivity index (χ0n) is 14.4. The maximum atomic E-state index is 2.24. The third kappa shape index (κ3) is 3.46. The van der Waals surface area contributed by atoms with Crippen molar-refractivity contribution in [2.24, 2.45) is 0 Å². The maximum Gasteiger partial charge on any atom is 0.0449 e. The largest absolute Gasteiger partial charge is 0.143 e. The predicted octanol–water partition coefficient (Wildman–Crippen LogP) is 7.93.